The maximum atomic E-state index is 5.54. The van der Waals surface area contributed by atoms with Gasteiger partial charge in [-0.05, 0) is 47.5 Å². The average molecular weight is 239 g/mol. The molecule has 0 fully saturated rings. The summed E-state index contributed by atoms with van der Waals surface area (Å²) in [5, 5.41) is 3.18. The number of hydrogen-bond acceptors (Lipinski definition) is 2. The molecule has 2 heteroatoms. The molecular formula is C16H17NO. The molecule has 2 aromatic carbocycles. The molecule has 0 unspecified atom stereocenters. The van der Waals surface area contributed by atoms with Gasteiger partial charge in [-0.2, -0.15) is 0 Å². The van der Waals surface area contributed by atoms with Crippen LogP contribution in [-0.2, 0) is 13.0 Å². The quantitative estimate of drug-likeness (QED) is 0.889. The minimum Gasteiger partial charge on any atom is -0.493 e. The van der Waals surface area contributed by atoms with Crippen molar-refractivity contribution in [2.24, 2.45) is 0 Å². The summed E-state index contributed by atoms with van der Waals surface area (Å²) >= 11 is 0. The molecule has 0 atom stereocenters. The highest BCUT2D eigenvalue weighted by Crippen LogP contribution is 2.30. The molecule has 0 aliphatic carbocycles. The van der Waals surface area contributed by atoms with Gasteiger partial charge in [-0.1, -0.05) is 24.3 Å². The van der Waals surface area contributed by atoms with Crippen LogP contribution >= 0.6 is 0 Å². The van der Waals surface area contributed by atoms with Crippen molar-refractivity contribution in [3.8, 4) is 16.9 Å². The fraction of sp³-hybridized carbons (Fsp3) is 0.250. The SMILES string of the molecule is CNCc1cccc(-c2ccc3c(c2)CCO3)c1. The Balaban J connectivity index is 1.96. The van der Waals surface area contributed by atoms with Crippen molar-refractivity contribution in [2.45, 2.75) is 13.0 Å². The van der Waals surface area contributed by atoms with Gasteiger partial charge in [0.1, 0.15) is 5.75 Å². The summed E-state index contributed by atoms with van der Waals surface area (Å²) in [6, 6.07) is 15.2. The van der Waals surface area contributed by atoms with Crippen LogP contribution in [0.3, 0.4) is 0 Å². The Morgan fingerprint density at radius 1 is 1.11 bits per heavy atom. The molecule has 1 heterocycles. The largest absolute Gasteiger partial charge is 0.493 e. The summed E-state index contributed by atoms with van der Waals surface area (Å²) in [6.45, 7) is 1.72. The van der Waals surface area contributed by atoms with Crippen LogP contribution in [0.25, 0.3) is 11.1 Å². The van der Waals surface area contributed by atoms with Crippen LogP contribution in [0.1, 0.15) is 11.1 Å². The molecule has 0 radical (unpaired) electrons. The van der Waals surface area contributed by atoms with Crippen LogP contribution in [0.5, 0.6) is 5.75 Å². The van der Waals surface area contributed by atoms with Gasteiger partial charge in [-0.3, -0.25) is 0 Å². The van der Waals surface area contributed by atoms with Crippen molar-refractivity contribution in [1.29, 1.82) is 0 Å². The molecule has 1 N–H and O–H groups in total. The topological polar surface area (TPSA) is 21.3 Å². The van der Waals surface area contributed by atoms with Crippen molar-refractivity contribution in [3.05, 3.63) is 53.6 Å². The second-order valence-corrected chi connectivity index (χ2v) is 4.65. The molecule has 0 amide bonds. The second-order valence-electron chi connectivity index (χ2n) is 4.65. The van der Waals surface area contributed by atoms with E-state index in [4.69, 9.17) is 4.74 Å². The smallest absolute Gasteiger partial charge is 0.122 e. The van der Waals surface area contributed by atoms with Gasteiger partial charge >= 0.3 is 0 Å². The molecule has 0 saturated heterocycles. The van der Waals surface area contributed by atoms with Crippen molar-refractivity contribution in [3.63, 3.8) is 0 Å². The average Bonchev–Trinajstić information content (AvgIpc) is 2.86. The normalized spacial score (nSPS) is 13.2. The van der Waals surface area contributed by atoms with E-state index < -0.39 is 0 Å². The molecule has 92 valence electrons. The van der Waals surface area contributed by atoms with E-state index in [1.807, 2.05) is 7.05 Å². The molecule has 0 bridgehead atoms. The number of nitrogens with one attached hydrogen (secondary N) is 1. The maximum absolute atomic E-state index is 5.54. The lowest BCUT2D eigenvalue weighted by atomic mass is 10.00. The second kappa shape index (κ2) is 4.83. The summed E-state index contributed by atoms with van der Waals surface area (Å²) in [6.07, 6.45) is 1.03. The lowest BCUT2D eigenvalue weighted by Crippen LogP contribution is -2.04. The summed E-state index contributed by atoms with van der Waals surface area (Å²) in [5.74, 6) is 1.05. The molecule has 1 aliphatic heterocycles. The van der Waals surface area contributed by atoms with Crippen LogP contribution in [0, 0.1) is 0 Å². The van der Waals surface area contributed by atoms with Gasteiger partial charge in [0.2, 0.25) is 0 Å². The van der Waals surface area contributed by atoms with E-state index in [0.717, 1.165) is 25.3 Å². The van der Waals surface area contributed by atoms with E-state index in [2.05, 4.69) is 47.8 Å². The fourth-order valence-electron chi connectivity index (χ4n) is 2.43. The molecule has 2 aromatic rings. The van der Waals surface area contributed by atoms with Crippen LogP contribution < -0.4 is 10.1 Å². The summed E-state index contributed by atoms with van der Waals surface area (Å²) in [4.78, 5) is 0. The molecule has 1 aliphatic rings. The minimum absolute atomic E-state index is 0.818. The zero-order valence-electron chi connectivity index (χ0n) is 10.6. The third-order valence-corrected chi connectivity index (χ3v) is 3.33. The predicted molar refractivity (Wildman–Crippen MR) is 73.8 cm³/mol. The number of hydrogen-bond donors (Lipinski definition) is 1. The maximum Gasteiger partial charge on any atom is 0.122 e. The number of fused-ring (bicyclic) bond motifs is 1. The zero-order chi connectivity index (χ0) is 12.4. The first-order valence-electron chi connectivity index (χ1n) is 6.36. The lowest BCUT2D eigenvalue weighted by molar-refractivity contribution is 0.357. The van der Waals surface area contributed by atoms with Crippen molar-refractivity contribution in [1.82, 2.24) is 5.32 Å². The molecule has 0 saturated carbocycles. The standard InChI is InChI=1S/C16H17NO/c1-17-11-12-3-2-4-13(9-12)14-5-6-16-15(10-14)7-8-18-16/h2-6,9-10,17H,7-8,11H2,1H3. The van der Waals surface area contributed by atoms with Gasteiger partial charge in [0.25, 0.3) is 0 Å². The van der Waals surface area contributed by atoms with E-state index >= 15 is 0 Å². The van der Waals surface area contributed by atoms with E-state index in [1.54, 1.807) is 0 Å². The van der Waals surface area contributed by atoms with Crippen molar-refractivity contribution < 1.29 is 4.74 Å². The molecule has 18 heavy (non-hydrogen) atoms. The van der Waals surface area contributed by atoms with Gasteiger partial charge in [-0.25, -0.2) is 0 Å². The fourth-order valence-corrected chi connectivity index (χ4v) is 2.43. The van der Waals surface area contributed by atoms with E-state index in [9.17, 15) is 0 Å². The zero-order valence-corrected chi connectivity index (χ0v) is 10.6. The Bertz CT molecular complexity index is 563. The van der Waals surface area contributed by atoms with Gasteiger partial charge < -0.3 is 10.1 Å². The molecule has 0 spiro atoms. The van der Waals surface area contributed by atoms with Crippen molar-refractivity contribution in [2.75, 3.05) is 13.7 Å². The van der Waals surface area contributed by atoms with Crippen LogP contribution in [-0.4, -0.2) is 13.7 Å². The van der Waals surface area contributed by atoms with Crippen LogP contribution in [0.4, 0.5) is 0 Å². The predicted octanol–water partition coefficient (Wildman–Crippen LogP) is 3.01. The third kappa shape index (κ3) is 2.12. The first-order chi connectivity index (χ1) is 8.86. The molecular weight excluding hydrogens is 222 g/mol. The Morgan fingerprint density at radius 3 is 2.89 bits per heavy atom. The van der Waals surface area contributed by atoms with Gasteiger partial charge in [-0.15, -0.1) is 0 Å². The monoisotopic (exact) mass is 239 g/mol. The Labute approximate surface area is 108 Å². The Morgan fingerprint density at radius 2 is 2.00 bits per heavy atom. The number of ether oxygens (including phenoxy) is 1. The lowest BCUT2D eigenvalue weighted by Gasteiger charge is -2.07. The summed E-state index contributed by atoms with van der Waals surface area (Å²) in [5.41, 5.74) is 5.19. The third-order valence-electron chi connectivity index (χ3n) is 3.33. The van der Waals surface area contributed by atoms with Gasteiger partial charge in [0, 0.05) is 13.0 Å². The molecule has 0 aromatic heterocycles. The highest BCUT2D eigenvalue weighted by atomic mass is 16.5. The first-order valence-corrected chi connectivity index (χ1v) is 6.36. The van der Waals surface area contributed by atoms with Gasteiger partial charge in [0.05, 0.1) is 6.61 Å². The van der Waals surface area contributed by atoms with E-state index in [0.29, 0.717) is 0 Å². The number of rotatable bonds is 3. The first kappa shape index (κ1) is 11.3. The van der Waals surface area contributed by atoms with Crippen molar-refractivity contribution >= 4 is 0 Å². The van der Waals surface area contributed by atoms with Crippen LogP contribution in [0.15, 0.2) is 42.5 Å². The Hall–Kier alpha value is -1.80. The molecule has 2 nitrogen and oxygen atoms in total. The number of benzene rings is 2. The van der Waals surface area contributed by atoms with E-state index in [1.165, 1.54) is 22.3 Å². The van der Waals surface area contributed by atoms with Gasteiger partial charge in [0.15, 0.2) is 0 Å². The highest BCUT2D eigenvalue weighted by molar-refractivity contribution is 5.66. The summed E-state index contributed by atoms with van der Waals surface area (Å²) in [7, 11) is 1.97. The molecule has 3 rings (SSSR count). The van der Waals surface area contributed by atoms with E-state index in [-0.39, 0.29) is 0 Å². The van der Waals surface area contributed by atoms with Crippen LogP contribution in [0.2, 0.25) is 0 Å². The summed E-state index contributed by atoms with van der Waals surface area (Å²) < 4.78 is 5.54. The minimum atomic E-state index is 0.818. The highest BCUT2D eigenvalue weighted by Gasteiger charge is 2.12. The Kier molecular flexibility index (Phi) is 3.03.